The number of aromatic nitrogens is 1. The second kappa shape index (κ2) is 4.55. The molecule has 0 aliphatic carbocycles. The molecule has 1 aromatic rings. The van der Waals surface area contributed by atoms with Crippen LogP contribution in [0.2, 0.25) is 0 Å². The predicted molar refractivity (Wildman–Crippen MR) is 47.7 cm³/mol. The predicted octanol–water partition coefficient (Wildman–Crippen LogP) is -0.185. The molecular formula is C9H11N3O. The summed E-state index contributed by atoms with van der Waals surface area (Å²) in [5, 5.41) is 17.4. The van der Waals surface area contributed by atoms with E-state index in [1.807, 2.05) is 6.07 Å². The van der Waals surface area contributed by atoms with Crippen molar-refractivity contribution in [2.24, 2.45) is 5.73 Å². The summed E-state index contributed by atoms with van der Waals surface area (Å²) in [6.45, 7) is -0.0958. The Morgan fingerprint density at radius 1 is 1.69 bits per heavy atom. The molecule has 0 saturated heterocycles. The van der Waals surface area contributed by atoms with Gasteiger partial charge in [-0.3, -0.25) is 4.98 Å². The quantitative estimate of drug-likeness (QED) is 0.670. The lowest BCUT2D eigenvalue weighted by Gasteiger charge is -2.07. The molecule has 0 aromatic carbocycles. The molecule has 0 saturated carbocycles. The molecule has 1 rings (SSSR count). The Hall–Kier alpha value is -1.44. The number of hydrogen-bond donors (Lipinski definition) is 2. The van der Waals surface area contributed by atoms with Gasteiger partial charge in [0.25, 0.3) is 0 Å². The van der Waals surface area contributed by atoms with Crippen LogP contribution in [0.4, 0.5) is 0 Å². The monoisotopic (exact) mass is 177 g/mol. The Balaban J connectivity index is 2.82. The number of aliphatic hydroxyl groups excluding tert-OH is 1. The number of nitrogens with two attached hydrogens (primary N) is 1. The van der Waals surface area contributed by atoms with E-state index in [1.54, 1.807) is 18.3 Å². The summed E-state index contributed by atoms with van der Waals surface area (Å²) in [4.78, 5) is 4.02. The van der Waals surface area contributed by atoms with Gasteiger partial charge in [0.1, 0.15) is 6.07 Å². The smallest absolute Gasteiger partial charge is 0.101 e. The molecule has 68 valence electrons. The van der Waals surface area contributed by atoms with Crippen molar-refractivity contribution in [3.8, 4) is 6.07 Å². The Morgan fingerprint density at radius 3 is 3.08 bits per heavy atom. The normalized spacial score (nSPS) is 12.1. The van der Waals surface area contributed by atoms with Gasteiger partial charge in [-0.25, -0.2) is 0 Å². The maximum absolute atomic E-state index is 8.72. The maximum Gasteiger partial charge on any atom is 0.101 e. The number of nitriles is 1. The van der Waals surface area contributed by atoms with Gasteiger partial charge in [-0.05, 0) is 12.1 Å². The first-order valence-electron chi connectivity index (χ1n) is 3.98. The Morgan fingerprint density at radius 2 is 2.46 bits per heavy atom. The molecule has 4 heteroatoms. The summed E-state index contributed by atoms with van der Waals surface area (Å²) in [5.74, 6) is 0. The maximum atomic E-state index is 8.72. The van der Waals surface area contributed by atoms with Crippen molar-refractivity contribution in [1.29, 1.82) is 5.26 Å². The van der Waals surface area contributed by atoms with Gasteiger partial charge in [0.15, 0.2) is 0 Å². The van der Waals surface area contributed by atoms with Gasteiger partial charge in [0, 0.05) is 18.7 Å². The van der Waals surface area contributed by atoms with Crippen molar-refractivity contribution < 1.29 is 5.11 Å². The van der Waals surface area contributed by atoms with Crippen LogP contribution in [0.15, 0.2) is 18.3 Å². The second-order valence-corrected chi connectivity index (χ2v) is 2.76. The highest BCUT2D eigenvalue weighted by Gasteiger charge is 2.07. The third kappa shape index (κ3) is 2.51. The van der Waals surface area contributed by atoms with Gasteiger partial charge in [-0.2, -0.15) is 5.26 Å². The van der Waals surface area contributed by atoms with E-state index >= 15 is 0 Å². The van der Waals surface area contributed by atoms with Crippen LogP contribution < -0.4 is 5.73 Å². The molecule has 0 unspecified atom stereocenters. The minimum absolute atomic E-state index is 0.0958. The highest BCUT2D eigenvalue weighted by molar-refractivity contribution is 5.32. The van der Waals surface area contributed by atoms with Crippen LogP contribution in [0.3, 0.4) is 0 Å². The Bertz CT molecular complexity index is 319. The zero-order chi connectivity index (χ0) is 9.68. The van der Waals surface area contributed by atoms with E-state index in [2.05, 4.69) is 4.98 Å². The van der Waals surface area contributed by atoms with Crippen LogP contribution in [-0.4, -0.2) is 22.7 Å². The zero-order valence-corrected chi connectivity index (χ0v) is 7.14. The molecule has 0 radical (unpaired) electrons. The fraction of sp³-hybridized carbons (Fsp3) is 0.333. The minimum atomic E-state index is -0.345. The van der Waals surface area contributed by atoms with E-state index in [-0.39, 0.29) is 12.6 Å². The molecule has 1 heterocycles. The molecule has 1 aromatic heterocycles. The van der Waals surface area contributed by atoms with Crippen LogP contribution in [0.1, 0.15) is 11.3 Å². The summed E-state index contributed by atoms with van der Waals surface area (Å²) < 4.78 is 0. The fourth-order valence-electron chi connectivity index (χ4n) is 1.02. The largest absolute Gasteiger partial charge is 0.395 e. The van der Waals surface area contributed by atoms with E-state index in [0.29, 0.717) is 17.7 Å². The second-order valence-electron chi connectivity index (χ2n) is 2.76. The van der Waals surface area contributed by atoms with Gasteiger partial charge >= 0.3 is 0 Å². The average Bonchev–Trinajstić information content (AvgIpc) is 2.18. The van der Waals surface area contributed by atoms with Crippen molar-refractivity contribution >= 4 is 0 Å². The molecule has 3 N–H and O–H groups in total. The minimum Gasteiger partial charge on any atom is -0.395 e. The van der Waals surface area contributed by atoms with Gasteiger partial charge in [-0.15, -0.1) is 0 Å². The van der Waals surface area contributed by atoms with Crippen LogP contribution in [0.5, 0.6) is 0 Å². The van der Waals surface area contributed by atoms with Gasteiger partial charge < -0.3 is 10.8 Å². The fourth-order valence-corrected chi connectivity index (χ4v) is 1.02. The summed E-state index contributed by atoms with van der Waals surface area (Å²) in [6.07, 6.45) is 2.04. The number of aliphatic hydroxyl groups is 1. The average molecular weight is 177 g/mol. The first kappa shape index (κ1) is 9.65. The van der Waals surface area contributed by atoms with E-state index < -0.39 is 0 Å². The topological polar surface area (TPSA) is 82.9 Å². The van der Waals surface area contributed by atoms with Gasteiger partial charge in [0.05, 0.1) is 17.9 Å². The lowest BCUT2D eigenvalue weighted by atomic mass is 10.1. The lowest BCUT2D eigenvalue weighted by Crippen LogP contribution is -2.27. The van der Waals surface area contributed by atoms with Crippen molar-refractivity contribution in [2.75, 3.05) is 6.61 Å². The summed E-state index contributed by atoms with van der Waals surface area (Å²) in [7, 11) is 0. The van der Waals surface area contributed by atoms with Crippen LogP contribution in [0, 0.1) is 11.3 Å². The van der Waals surface area contributed by atoms with Crippen LogP contribution in [0.25, 0.3) is 0 Å². The summed E-state index contributed by atoms with van der Waals surface area (Å²) in [5.41, 5.74) is 6.69. The number of rotatable bonds is 3. The molecule has 0 spiro atoms. The summed E-state index contributed by atoms with van der Waals surface area (Å²) >= 11 is 0. The third-order valence-electron chi connectivity index (χ3n) is 1.70. The molecule has 0 bridgehead atoms. The van der Waals surface area contributed by atoms with Crippen molar-refractivity contribution in [3.63, 3.8) is 0 Å². The molecule has 13 heavy (non-hydrogen) atoms. The van der Waals surface area contributed by atoms with Crippen LogP contribution in [-0.2, 0) is 6.42 Å². The van der Waals surface area contributed by atoms with Crippen LogP contribution >= 0.6 is 0 Å². The van der Waals surface area contributed by atoms with Crippen molar-refractivity contribution in [2.45, 2.75) is 12.5 Å². The highest BCUT2D eigenvalue weighted by atomic mass is 16.3. The van der Waals surface area contributed by atoms with Crippen molar-refractivity contribution in [3.05, 3.63) is 29.6 Å². The molecule has 0 aliphatic heterocycles. The van der Waals surface area contributed by atoms with Crippen molar-refractivity contribution in [1.82, 2.24) is 4.98 Å². The van der Waals surface area contributed by atoms with Gasteiger partial charge in [0.2, 0.25) is 0 Å². The highest BCUT2D eigenvalue weighted by Crippen LogP contribution is 2.05. The van der Waals surface area contributed by atoms with E-state index in [9.17, 15) is 0 Å². The Kier molecular flexibility index (Phi) is 3.38. The third-order valence-corrected chi connectivity index (χ3v) is 1.70. The van der Waals surface area contributed by atoms with E-state index in [4.69, 9.17) is 16.1 Å². The standard InChI is InChI=1S/C9H11N3O/c10-5-7-2-1-3-12-9(7)4-8(11)6-13/h1-3,8,13H,4,6,11H2/t8-/m1/s1. The number of pyridine rings is 1. The molecule has 0 fully saturated rings. The first-order valence-corrected chi connectivity index (χ1v) is 3.98. The molecule has 4 nitrogen and oxygen atoms in total. The Labute approximate surface area is 76.6 Å². The molecule has 1 atom stereocenters. The molecular weight excluding hydrogens is 166 g/mol. The SMILES string of the molecule is N#Cc1cccnc1C[C@@H](N)CO. The van der Waals surface area contributed by atoms with E-state index in [1.165, 1.54) is 0 Å². The summed E-state index contributed by atoms with van der Waals surface area (Å²) in [6, 6.07) is 5.07. The zero-order valence-electron chi connectivity index (χ0n) is 7.14. The molecule has 0 amide bonds. The lowest BCUT2D eigenvalue weighted by molar-refractivity contribution is 0.264. The first-order chi connectivity index (χ1) is 6.27. The van der Waals surface area contributed by atoms with E-state index in [0.717, 1.165) is 0 Å². The number of hydrogen-bond acceptors (Lipinski definition) is 4. The number of nitrogens with zero attached hydrogens (tertiary/aromatic N) is 2. The molecule has 0 aliphatic rings. The van der Waals surface area contributed by atoms with Gasteiger partial charge in [-0.1, -0.05) is 0 Å².